The van der Waals surface area contributed by atoms with Gasteiger partial charge in [-0.2, -0.15) is 0 Å². The Labute approximate surface area is 98.7 Å². The van der Waals surface area contributed by atoms with Crippen LogP contribution in [0.25, 0.3) is 0 Å². The lowest BCUT2D eigenvalue weighted by molar-refractivity contribution is 0.227. The number of anilines is 1. The summed E-state index contributed by atoms with van der Waals surface area (Å²) in [6.45, 7) is 5.68. The second-order valence-corrected chi connectivity index (χ2v) is 5.46. The highest BCUT2D eigenvalue weighted by molar-refractivity contribution is 7.73. The number of H-pyrrole nitrogens is 1. The van der Waals surface area contributed by atoms with Crippen molar-refractivity contribution in [3.05, 3.63) is 3.95 Å². The van der Waals surface area contributed by atoms with Crippen LogP contribution in [0.4, 0.5) is 5.13 Å². The molecule has 0 saturated carbocycles. The highest BCUT2D eigenvalue weighted by Gasteiger charge is 2.18. The van der Waals surface area contributed by atoms with Crippen molar-refractivity contribution in [1.82, 2.24) is 15.1 Å². The van der Waals surface area contributed by atoms with Crippen molar-refractivity contribution in [1.29, 1.82) is 0 Å². The van der Waals surface area contributed by atoms with Gasteiger partial charge in [0.15, 0.2) is 3.95 Å². The van der Waals surface area contributed by atoms with Crippen LogP contribution in [0.2, 0.25) is 0 Å². The van der Waals surface area contributed by atoms with Gasteiger partial charge in [-0.1, -0.05) is 18.3 Å². The molecule has 1 aliphatic heterocycles. The van der Waals surface area contributed by atoms with Gasteiger partial charge in [0.1, 0.15) is 0 Å². The molecule has 1 aliphatic rings. The number of aromatic nitrogens is 2. The lowest BCUT2D eigenvalue weighted by atomic mass is 10.1. The Morgan fingerprint density at radius 2 is 2.60 bits per heavy atom. The number of likely N-dealkylation sites (tertiary alicyclic amines) is 1. The summed E-state index contributed by atoms with van der Waals surface area (Å²) in [7, 11) is 0. The van der Waals surface area contributed by atoms with Gasteiger partial charge in [0, 0.05) is 12.6 Å². The lowest BCUT2D eigenvalue weighted by Gasteiger charge is -2.31. The summed E-state index contributed by atoms with van der Waals surface area (Å²) in [5.41, 5.74) is 0. The minimum atomic E-state index is 0.521. The number of hydrogen-bond acceptors (Lipinski definition) is 5. The van der Waals surface area contributed by atoms with Gasteiger partial charge in [0.05, 0.1) is 0 Å². The van der Waals surface area contributed by atoms with Crippen LogP contribution in [0.5, 0.6) is 0 Å². The molecule has 84 valence electrons. The van der Waals surface area contributed by atoms with Crippen LogP contribution < -0.4 is 5.32 Å². The van der Waals surface area contributed by atoms with Crippen molar-refractivity contribution in [3.8, 4) is 0 Å². The number of likely N-dealkylation sites (N-methyl/N-ethyl adjacent to an activating group) is 1. The maximum absolute atomic E-state index is 5.00. The third-order valence-electron chi connectivity index (χ3n) is 2.72. The summed E-state index contributed by atoms with van der Waals surface area (Å²) in [6.07, 6.45) is 2.49. The summed E-state index contributed by atoms with van der Waals surface area (Å²) < 4.78 is 0.737. The molecule has 0 aromatic carbocycles. The van der Waals surface area contributed by atoms with Crippen LogP contribution in [0.15, 0.2) is 0 Å². The average Bonchev–Trinajstić information content (AvgIpc) is 2.64. The van der Waals surface area contributed by atoms with E-state index in [-0.39, 0.29) is 0 Å². The van der Waals surface area contributed by atoms with Crippen LogP contribution in [-0.2, 0) is 0 Å². The molecular formula is C9H16N4S2. The molecule has 2 heterocycles. The zero-order valence-electron chi connectivity index (χ0n) is 8.82. The predicted octanol–water partition coefficient (Wildman–Crippen LogP) is 2.10. The van der Waals surface area contributed by atoms with Gasteiger partial charge in [0.25, 0.3) is 0 Å². The third-order valence-corrected chi connectivity index (χ3v) is 3.74. The van der Waals surface area contributed by atoms with E-state index in [1.54, 1.807) is 0 Å². The van der Waals surface area contributed by atoms with E-state index in [1.165, 1.54) is 30.7 Å². The second-order valence-electron chi connectivity index (χ2n) is 3.79. The van der Waals surface area contributed by atoms with Gasteiger partial charge in [-0.05, 0) is 38.1 Å². The van der Waals surface area contributed by atoms with E-state index >= 15 is 0 Å². The molecule has 0 amide bonds. The minimum Gasteiger partial charge on any atom is -0.356 e. The molecule has 1 aromatic rings. The first-order valence-corrected chi connectivity index (χ1v) is 6.55. The quantitative estimate of drug-likeness (QED) is 0.799. The molecular weight excluding hydrogens is 228 g/mol. The predicted molar refractivity (Wildman–Crippen MR) is 66.1 cm³/mol. The van der Waals surface area contributed by atoms with Crippen LogP contribution in [0.1, 0.15) is 19.8 Å². The van der Waals surface area contributed by atoms with E-state index in [4.69, 9.17) is 12.2 Å². The molecule has 0 spiro atoms. The van der Waals surface area contributed by atoms with Crippen molar-refractivity contribution in [3.63, 3.8) is 0 Å². The van der Waals surface area contributed by atoms with E-state index in [0.29, 0.717) is 6.04 Å². The first-order chi connectivity index (χ1) is 7.28. The van der Waals surface area contributed by atoms with Gasteiger partial charge in [0.2, 0.25) is 5.13 Å². The van der Waals surface area contributed by atoms with Crippen LogP contribution in [-0.4, -0.2) is 40.8 Å². The Balaban J connectivity index is 1.91. The molecule has 6 heteroatoms. The van der Waals surface area contributed by atoms with Crippen LogP contribution in [0, 0.1) is 3.95 Å². The summed E-state index contributed by atoms with van der Waals surface area (Å²) in [6, 6.07) is 0.521. The van der Waals surface area contributed by atoms with Crippen molar-refractivity contribution >= 4 is 28.7 Å². The van der Waals surface area contributed by atoms with Crippen molar-refractivity contribution in [2.75, 3.05) is 25.0 Å². The van der Waals surface area contributed by atoms with Gasteiger partial charge in [-0.15, -0.1) is 5.10 Å². The maximum atomic E-state index is 5.00. The molecule has 2 N–H and O–H groups in total. The van der Waals surface area contributed by atoms with E-state index in [2.05, 4.69) is 27.3 Å². The fourth-order valence-corrected chi connectivity index (χ4v) is 2.79. The number of aromatic amines is 1. The van der Waals surface area contributed by atoms with Crippen molar-refractivity contribution in [2.24, 2.45) is 0 Å². The number of rotatable bonds is 3. The first kappa shape index (κ1) is 11.0. The molecule has 2 rings (SSSR count). The van der Waals surface area contributed by atoms with E-state index < -0.39 is 0 Å². The molecule has 1 saturated heterocycles. The van der Waals surface area contributed by atoms with Crippen molar-refractivity contribution in [2.45, 2.75) is 25.8 Å². The lowest BCUT2D eigenvalue weighted by Crippen LogP contribution is -2.41. The SMILES string of the molecule is CCN1CCCC(Nc2n[nH]c(=S)s2)C1. The highest BCUT2D eigenvalue weighted by atomic mass is 32.1. The Hall–Kier alpha value is -0.460. The van der Waals surface area contributed by atoms with Crippen LogP contribution in [0.3, 0.4) is 0 Å². The van der Waals surface area contributed by atoms with Crippen molar-refractivity contribution < 1.29 is 0 Å². The molecule has 1 fully saturated rings. The van der Waals surface area contributed by atoms with E-state index in [1.807, 2.05) is 0 Å². The van der Waals surface area contributed by atoms with Gasteiger partial charge in [-0.3, -0.25) is 5.10 Å². The Morgan fingerprint density at radius 1 is 1.73 bits per heavy atom. The topological polar surface area (TPSA) is 44.0 Å². The Morgan fingerprint density at radius 3 is 3.27 bits per heavy atom. The number of hydrogen-bond donors (Lipinski definition) is 2. The standard InChI is InChI=1S/C9H16N4S2/c1-2-13-5-3-4-7(6-13)10-8-11-12-9(14)15-8/h7H,2-6H2,1H3,(H,10,11)(H,12,14). The van der Waals surface area contributed by atoms with Gasteiger partial charge < -0.3 is 10.2 Å². The number of nitrogens with zero attached hydrogens (tertiary/aromatic N) is 2. The van der Waals surface area contributed by atoms with E-state index in [0.717, 1.165) is 22.2 Å². The normalized spacial score (nSPS) is 22.9. The summed E-state index contributed by atoms with van der Waals surface area (Å²) in [5.74, 6) is 0. The maximum Gasteiger partial charge on any atom is 0.204 e. The third kappa shape index (κ3) is 2.99. The fraction of sp³-hybridized carbons (Fsp3) is 0.778. The molecule has 0 radical (unpaired) electrons. The second kappa shape index (κ2) is 5.05. The smallest absolute Gasteiger partial charge is 0.204 e. The molecule has 4 nitrogen and oxygen atoms in total. The number of piperidine rings is 1. The molecule has 1 unspecified atom stereocenters. The summed E-state index contributed by atoms with van der Waals surface area (Å²) >= 11 is 6.51. The average molecular weight is 244 g/mol. The largest absolute Gasteiger partial charge is 0.356 e. The van der Waals surface area contributed by atoms with Gasteiger partial charge in [-0.25, -0.2) is 0 Å². The molecule has 1 aromatic heterocycles. The summed E-state index contributed by atoms with van der Waals surface area (Å²) in [5, 5.41) is 11.3. The first-order valence-electron chi connectivity index (χ1n) is 5.32. The molecule has 15 heavy (non-hydrogen) atoms. The fourth-order valence-electron chi connectivity index (χ4n) is 1.93. The summed E-state index contributed by atoms with van der Waals surface area (Å²) in [4.78, 5) is 2.47. The highest BCUT2D eigenvalue weighted by Crippen LogP contribution is 2.17. The zero-order chi connectivity index (χ0) is 10.7. The minimum absolute atomic E-state index is 0.521. The number of nitrogens with one attached hydrogen (secondary N) is 2. The van der Waals surface area contributed by atoms with Crippen LogP contribution >= 0.6 is 23.6 Å². The zero-order valence-corrected chi connectivity index (χ0v) is 10.5. The molecule has 1 atom stereocenters. The molecule has 0 aliphatic carbocycles. The van der Waals surface area contributed by atoms with Gasteiger partial charge >= 0.3 is 0 Å². The Bertz CT molecular complexity index is 359. The Kier molecular flexibility index (Phi) is 3.71. The van der Waals surface area contributed by atoms with E-state index in [9.17, 15) is 0 Å². The molecule has 0 bridgehead atoms. The monoisotopic (exact) mass is 244 g/mol.